The zero-order chi connectivity index (χ0) is 14.0. The quantitative estimate of drug-likeness (QED) is 0.744. The lowest BCUT2D eigenvalue weighted by atomic mass is 10.0. The van der Waals surface area contributed by atoms with Gasteiger partial charge < -0.3 is 5.73 Å². The third kappa shape index (κ3) is 3.58. The van der Waals surface area contributed by atoms with Crippen molar-refractivity contribution in [3.05, 3.63) is 49.3 Å². The molecular weight excluding hydrogens is 417 g/mol. The van der Waals surface area contributed by atoms with Crippen LogP contribution in [0.4, 0.5) is 0 Å². The van der Waals surface area contributed by atoms with Gasteiger partial charge in [0, 0.05) is 32.7 Å². The standard InChI is InChI=1S/C14H17BrIN3/c1-3-19-11(6-9(2)18-19)8-14(17)12-7-10(15)4-5-13(12)16/h4-7,14H,3,8,17H2,1-2H3. The Kier molecular flexibility index (Phi) is 5.03. The molecule has 2 rings (SSSR count). The topological polar surface area (TPSA) is 43.8 Å². The van der Waals surface area contributed by atoms with Gasteiger partial charge in [-0.2, -0.15) is 5.10 Å². The Morgan fingerprint density at radius 2 is 2.16 bits per heavy atom. The molecular formula is C14H17BrIN3. The Balaban J connectivity index is 2.25. The molecule has 0 saturated heterocycles. The molecule has 1 atom stereocenters. The maximum Gasteiger partial charge on any atom is 0.0596 e. The lowest BCUT2D eigenvalue weighted by molar-refractivity contribution is 0.586. The number of aryl methyl sites for hydroxylation is 2. The first kappa shape index (κ1) is 15.0. The van der Waals surface area contributed by atoms with E-state index in [0.717, 1.165) is 23.1 Å². The molecule has 0 aliphatic carbocycles. The van der Waals surface area contributed by atoms with Crippen molar-refractivity contribution in [2.24, 2.45) is 5.73 Å². The van der Waals surface area contributed by atoms with Crippen molar-refractivity contribution < 1.29 is 0 Å². The summed E-state index contributed by atoms with van der Waals surface area (Å²) in [7, 11) is 0. The third-order valence-corrected chi connectivity index (χ3v) is 4.55. The number of rotatable bonds is 4. The minimum atomic E-state index is -0.00852. The highest BCUT2D eigenvalue weighted by Crippen LogP contribution is 2.25. The lowest BCUT2D eigenvalue weighted by Gasteiger charge is -2.15. The molecule has 1 heterocycles. The highest BCUT2D eigenvalue weighted by atomic mass is 127. The summed E-state index contributed by atoms with van der Waals surface area (Å²) in [6, 6.07) is 8.34. The maximum atomic E-state index is 6.36. The summed E-state index contributed by atoms with van der Waals surface area (Å²) in [5.74, 6) is 0. The van der Waals surface area contributed by atoms with Crippen LogP contribution < -0.4 is 5.73 Å². The van der Waals surface area contributed by atoms with E-state index in [-0.39, 0.29) is 6.04 Å². The summed E-state index contributed by atoms with van der Waals surface area (Å²) < 4.78 is 4.30. The first-order chi connectivity index (χ1) is 9.01. The first-order valence-corrected chi connectivity index (χ1v) is 8.12. The van der Waals surface area contributed by atoms with Crippen LogP contribution in [0.3, 0.4) is 0 Å². The van der Waals surface area contributed by atoms with Gasteiger partial charge in [-0.25, -0.2) is 0 Å². The van der Waals surface area contributed by atoms with Crippen LogP contribution in [-0.2, 0) is 13.0 Å². The van der Waals surface area contributed by atoms with Gasteiger partial charge in [-0.1, -0.05) is 15.9 Å². The molecule has 0 amide bonds. The van der Waals surface area contributed by atoms with Crippen molar-refractivity contribution in [2.75, 3.05) is 0 Å². The van der Waals surface area contributed by atoms with Gasteiger partial charge in [0.05, 0.1) is 5.69 Å². The van der Waals surface area contributed by atoms with Crippen LogP contribution in [0.15, 0.2) is 28.7 Å². The van der Waals surface area contributed by atoms with Crippen molar-refractivity contribution in [3.8, 4) is 0 Å². The molecule has 0 spiro atoms. The van der Waals surface area contributed by atoms with Gasteiger partial charge in [0.15, 0.2) is 0 Å². The molecule has 102 valence electrons. The average molecular weight is 434 g/mol. The minimum Gasteiger partial charge on any atom is -0.324 e. The Hall–Kier alpha value is -0.400. The van der Waals surface area contributed by atoms with Gasteiger partial charge in [0.25, 0.3) is 0 Å². The van der Waals surface area contributed by atoms with E-state index in [2.05, 4.69) is 68.7 Å². The highest BCUT2D eigenvalue weighted by Gasteiger charge is 2.14. The fourth-order valence-electron chi connectivity index (χ4n) is 2.17. The second kappa shape index (κ2) is 6.37. The van der Waals surface area contributed by atoms with E-state index in [1.165, 1.54) is 14.8 Å². The molecule has 0 radical (unpaired) electrons. The number of nitrogens with zero attached hydrogens (tertiary/aromatic N) is 2. The second-order valence-corrected chi connectivity index (χ2v) is 6.65. The first-order valence-electron chi connectivity index (χ1n) is 6.25. The lowest BCUT2D eigenvalue weighted by Crippen LogP contribution is -2.17. The average Bonchev–Trinajstić information content (AvgIpc) is 2.72. The van der Waals surface area contributed by atoms with Gasteiger partial charge in [-0.05, 0) is 66.3 Å². The molecule has 19 heavy (non-hydrogen) atoms. The molecule has 0 bridgehead atoms. The summed E-state index contributed by atoms with van der Waals surface area (Å²) in [4.78, 5) is 0. The number of aromatic nitrogens is 2. The Labute approximate surface area is 135 Å². The summed E-state index contributed by atoms with van der Waals surface area (Å²) in [5.41, 5.74) is 9.79. The van der Waals surface area contributed by atoms with Crippen LogP contribution in [-0.4, -0.2) is 9.78 Å². The van der Waals surface area contributed by atoms with Gasteiger partial charge in [0.2, 0.25) is 0 Å². The Morgan fingerprint density at radius 1 is 1.42 bits per heavy atom. The smallest absolute Gasteiger partial charge is 0.0596 e. The van der Waals surface area contributed by atoms with E-state index in [0.29, 0.717) is 0 Å². The largest absolute Gasteiger partial charge is 0.324 e. The molecule has 0 saturated carbocycles. The summed E-state index contributed by atoms with van der Waals surface area (Å²) in [6.07, 6.45) is 0.807. The number of nitrogens with two attached hydrogens (primary N) is 1. The van der Waals surface area contributed by atoms with Crippen LogP contribution in [0.5, 0.6) is 0 Å². The second-order valence-electron chi connectivity index (χ2n) is 4.57. The maximum absolute atomic E-state index is 6.36. The molecule has 0 aliphatic heterocycles. The van der Waals surface area contributed by atoms with E-state index < -0.39 is 0 Å². The van der Waals surface area contributed by atoms with Crippen LogP contribution >= 0.6 is 38.5 Å². The van der Waals surface area contributed by atoms with Crippen LogP contribution in [0.2, 0.25) is 0 Å². The normalized spacial score (nSPS) is 12.7. The fourth-order valence-corrected chi connectivity index (χ4v) is 3.29. The van der Waals surface area contributed by atoms with Gasteiger partial charge >= 0.3 is 0 Å². The predicted molar refractivity (Wildman–Crippen MR) is 90.1 cm³/mol. The van der Waals surface area contributed by atoms with Crippen molar-refractivity contribution in [2.45, 2.75) is 32.9 Å². The van der Waals surface area contributed by atoms with E-state index in [1.54, 1.807) is 0 Å². The summed E-state index contributed by atoms with van der Waals surface area (Å²) in [5, 5.41) is 4.47. The SMILES string of the molecule is CCn1nc(C)cc1CC(N)c1cc(Br)ccc1I. The van der Waals surface area contributed by atoms with Crippen LogP contribution in [0, 0.1) is 10.5 Å². The fraction of sp³-hybridized carbons (Fsp3) is 0.357. The van der Waals surface area contributed by atoms with Crippen molar-refractivity contribution in [3.63, 3.8) is 0 Å². The highest BCUT2D eigenvalue weighted by molar-refractivity contribution is 14.1. The van der Waals surface area contributed by atoms with Crippen molar-refractivity contribution in [1.82, 2.24) is 9.78 Å². The minimum absolute atomic E-state index is 0.00852. The number of halogens is 2. The molecule has 1 unspecified atom stereocenters. The molecule has 1 aromatic heterocycles. The van der Waals surface area contributed by atoms with E-state index in [9.17, 15) is 0 Å². The van der Waals surface area contributed by atoms with Gasteiger partial charge in [-0.3, -0.25) is 4.68 Å². The van der Waals surface area contributed by atoms with Crippen LogP contribution in [0.1, 0.15) is 29.9 Å². The zero-order valence-corrected chi connectivity index (χ0v) is 14.8. The van der Waals surface area contributed by atoms with E-state index in [1.807, 2.05) is 17.7 Å². The molecule has 0 fully saturated rings. The summed E-state index contributed by atoms with van der Waals surface area (Å²) in [6.45, 7) is 5.00. The van der Waals surface area contributed by atoms with E-state index in [4.69, 9.17) is 5.73 Å². The van der Waals surface area contributed by atoms with E-state index >= 15 is 0 Å². The molecule has 1 aromatic carbocycles. The van der Waals surface area contributed by atoms with Gasteiger partial charge in [0.1, 0.15) is 0 Å². The molecule has 0 aliphatic rings. The number of hydrogen-bond donors (Lipinski definition) is 1. The Morgan fingerprint density at radius 3 is 2.84 bits per heavy atom. The monoisotopic (exact) mass is 433 g/mol. The number of hydrogen-bond acceptors (Lipinski definition) is 2. The Bertz CT molecular complexity index is 580. The predicted octanol–water partition coefficient (Wildman–Crippen LogP) is 3.82. The zero-order valence-electron chi connectivity index (χ0n) is 11.0. The molecule has 2 N–H and O–H groups in total. The summed E-state index contributed by atoms with van der Waals surface area (Å²) >= 11 is 5.84. The number of benzene rings is 1. The molecule has 3 nitrogen and oxygen atoms in total. The van der Waals surface area contributed by atoms with Crippen LogP contribution in [0.25, 0.3) is 0 Å². The van der Waals surface area contributed by atoms with Crippen molar-refractivity contribution in [1.29, 1.82) is 0 Å². The van der Waals surface area contributed by atoms with Crippen molar-refractivity contribution >= 4 is 38.5 Å². The third-order valence-electron chi connectivity index (χ3n) is 3.07. The van der Waals surface area contributed by atoms with Gasteiger partial charge in [-0.15, -0.1) is 0 Å². The molecule has 2 aromatic rings. The molecule has 5 heteroatoms.